The van der Waals surface area contributed by atoms with Gasteiger partial charge in [-0.1, -0.05) is 6.92 Å². The second-order valence-electron chi connectivity index (χ2n) is 4.92. The molecule has 1 saturated heterocycles. The first-order valence-corrected chi connectivity index (χ1v) is 6.25. The lowest BCUT2D eigenvalue weighted by atomic mass is 9.85. The molecule has 3 unspecified atom stereocenters. The number of urea groups is 1. The van der Waals surface area contributed by atoms with Crippen molar-refractivity contribution < 1.29 is 19.4 Å². The summed E-state index contributed by atoms with van der Waals surface area (Å²) in [4.78, 5) is 23.0. The van der Waals surface area contributed by atoms with E-state index in [1.54, 1.807) is 6.92 Å². The highest BCUT2D eigenvalue weighted by Crippen LogP contribution is 2.28. The molecule has 0 aromatic heterocycles. The predicted octanol–water partition coefficient (Wildman–Crippen LogP) is 0.577. The van der Waals surface area contributed by atoms with Gasteiger partial charge in [-0.05, 0) is 13.3 Å². The van der Waals surface area contributed by atoms with E-state index in [0.29, 0.717) is 6.42 Å². The molecule has 1 heterocycles. The van der Waals surface area contributed by atoms with Crippen molar-refractivity contribution in [3.05, 3.63) is 0 Å². The number of ether oxygens (including phenoxy) is 1. The Labute approximate surface area is 112 Å². The maximum Gasteiger partial charge on any atom is 0.315 e. The summed E-state index contributed by atoms with van der Waals surface area (Å²) in [5.41, 5.74) is -1.09. The third-order valence-electron chi connectivity index (χ3n) is 3.44. The summed E-state index contributed by atoms with van der Waals surface area (Å²) in [6.45, 7) is 3.77. The highest BCUT2D eigenvalue weighted by atomic mass is 16.5. The number of carboxylic acids is 1. The molecule has 19 heavy (non-hydrogen) atoms. The highest BCUT2D eigenvalue weighted by molar-refractivity contribution is 5.79. The van der Waals surface area contributed by atoms with Crippen LogP contribution in [0.1, 0.15) is 26.7 Å². The van der Waals surface area contributed by atoms with E-state index in [9.17, 15) is 14.7 Å². The molecule has 1 rings (SSSR count). The summed E-state index contributed by atoms with van der Waals surface area (Å²) in [5, 5.41) is 14.6. The molecular weight excluding hydrogens is 248 g/mol. The van der Waals surface area contributed by atoms with Crippen LogP contribution in [0.25, 0.3) is 0 Å². The van der Waals surface area contributed by atoms with Gasteiger partial charge < -0.3 is 20.5 Å². The van der Waals surface area contributed by atoms with E-state index in [-0.39, 0.29) is 19.3 Å². The Balaban J connectivity index is 2.57. The first-order chi connectivity index (χ1) is 8.93. The van der Waals surface area contributed by atoms with E-state index < -0.39 is 23.5 Å². The largest absolute Gasteiger partial charge is 0.481 e. The van der Waals surface area contributed by atoms with Gasteiger partial charge in [0, 0.05) is 12.5 Å². The monoisotopic (exact) mass is 268 g/mol. The van der Waals surface area contributed by atoms with Crippen molar-refractivity contribution in [2.24, 2.45) is 5.41 Å². The van der Waals surface area contributed by atoms with Gasteiger partial charge in [0.05, 0.1) is 19.3 Å². The van der Waals surface area contributed by atoms with Crippen molar-refractivity contribution in [3.63, 3.8) is 0 Å². The Kier molecular flexibility index (Phi) is 5.19. The fourth-order valence-electron chi connectivity index (χ4n) is 1.91. The number of hydrogen-bond donors (Lipinski definition) is 3. The number of rotatable bonds is 5. The van der Waals surface area contributed by atoms with Gasteiger partial charge in [0.1, 0.15) is 5.41 Å². The molecule has 0 saturated carbocycles. The van der Waals surface area contributed by atoms with Crippen molar-refractivity contribution in [2.45, 2.75) is 38.8 Å². The maximum absolute atomic E-state index is 11.8. The average Bonchev–Trinajstić information content (AvgIpc) is 2.71. The fraction of sp³-hybridized carbons (Fsp3) is 0.692. The van der Waals surface area contributed by atoms with E-state index in [2.05, 4.69) is 16.6 Å². The van der Waals surface area contributed by atoms with Gasteiger partial charge in [0.2, 0.25) is 0 Å². The lowest BCUT2D eigenvalue weighted by Gasteiger charge is -2.26. The number of carboxylic acid groups (broad SMARTS) is 1. The number of terminal acetylenes is 1. The third-order valence-corrected chi connectivity index (χ3v) is 3.44. The van der Waals surface area contributed by atoms with Crippen molar-refractivity contribution in [2.75, 3.05) is 13.2 Å². The van der Waals surface area contributed by atoms with Crippen LogP contribution < -0.4 is 10.6 Å². The second-order valence-corrected chi connectivity index (χ2v) is 4.92. The number of carbonyl (C=O) groups excluding carboxylic acids is 1. The summed E-state index contributed by atoms with van der Waals surface area (Å²) in [7, 11) is 0. The van der Waals surface area contributed by atoms with Gasteiger partial charge in [-0.15, -0.1) is 12.3 Å². The Morgan fingerprint density at radius 2 is 2.32 bits per heavy atom. The molecule has 1 aliphatic rings. The van der Waals surface area contributed by atoms with Crippen LogP contribution in [0.2, 0.25) is 0 Å². The molecule has 3 atom stereocenters. The van der Waals surface area contributed by atoms with Gasteiger partial charge in [-0.3, -0.25) is 4.79 Å². The van der Waals surface area contributed by atoms with E-state index in [1.807, 2.05) is 6.92 Å². The minimum Gasteiger partial charge on any atom is -0.481 e. The zero-order valence-corrected chi connectivity index (χ0v) is 11.2. The Hall–Kier alpha value is -1.74. The van der Waals surface area contributed by atoms with Crippen molar-refractivity contribution in [3.8, 4) is 12.3 Å². The Morgan fingerprint density at radius 3 is 2.84 bits per heavy atom. The van der Waals surface area contributed by atoms with Gasteiger partial charge in [-0.2, -0.15) is 0 Å². The van der Waals surface area contributed by atoms with Crippen LogP contribution in [0.4, 0.5) is 4.79 Å². The molecule has 0 aromatic carbocycles. The lowest BCUT2D eigenvalue weighted by Crippen LogP contribution is -2.53. The SMILES string of the molecule is C#CCC(CC)NC(=O)NC1COCC1(C)C(=O)O. The topological polar surface area (TPSA) is 87.7 Å². The molecule has 106 valence electrons. The third kappa shape index (κ3) is 3.61. The van der Waals surface area contributed by atoms with Crippen LogP contribution in [0.3, 0.4) is 0 Å². The van der Waals surface area contributed by atoms with Crippen molar-refractivity contribution >= 4 is 12.0 Å². The van der Waals surface area contributed by atoms with Gasteiger partial charge in [0.25, 0.3) is 0 Å². The summed E-state index contributed by atoms with van der Waals surface area (Å²) in [6, 6.07) is -1.07. The molecule has 0 spiro atoms. The zero-order valence-electron chi connectivity index (χ0n) is 11.2. The molecule has 6 nitrogen and oxygen atoms in total. The van der Waals surface area contributed by atoms with Gasteiger partial charge in [-0.25, -0.2) is 4.79 Å². The summed E-state index contributed by atoms with van der Waals surface area (Å²) < 4.78 is 5.16. The van der Waals surface area contributed by atoms with Crippen LogP contribution in [-0.4, -0.2) is 42.4 Å². The van der Waals surface area contributed by atoms with Crippen LogP contribution >= 0.6 is 0 Å². The molecule has 0 radical (unpaired) electrons. The number of hydrogen-bond acceptors (Lipinski definition) is 3. The fourth-order valence-corrected chi connectivity index (χ4v) is 1.91. The quantitative estimate of drug-likeness (QED) is 0.636. The summed E-state index contributed by atoms with van der Waals surface area (Å²) >= 11 is 0. The van der Waals surface area contributed by atoms with Crippen LogP contribution in [0.15, 0.2) is 0 Å². The van der Waals surface area contributed by atoms with E-state index >= 15 is 0 Å². The molecule has 1 fully saturated rings. The first-order valence-electron chi connectivity index (χ1n) is 6.25. The van der Waals surface area contributed by atoms with Crippen LogP contribution in [0.5, 0.6) is 0 Å². The number of aliphatic carboxylic acids is 1. The first kappa shape index (κ1) is 15.3. The normalized spacial score (nSPS) is 27.3. The van der Waals surface area contributed by atoms with E-state index in [1.165, 1.54) is 0 Å². The summed E-state index contributed by atoms with van der Waals surface area (Å²) in [6.07, 6.45) is 6.37. The molecule has 0 aliphatic carbocycles. The van der Waals surface area contributed by atoms with Crippen LogP contribution in [-0.2, 0) is 9.53 Å². The van der Waals surface area contributed by atoms with E-state index in [4.69, 9.17) is 11.2 Å². The molecular formula is C13H20N2O4. The van der Waals surface area contributed by atoms with Gasteiger partial charge in [0.15, 0.2) is 0 Å². The molecule has 1 aliphatic heterocycles. The van der Waals surface area contributed by atoms with E-state index in [0.717, 1.165) is 6.42 Å². The zero-order chi connectivity index (χ0) is 14.5. The Morgan fingerprint density at radius 1 is 1.63 bits per heavy atom. The molecule has 3 N–H and O–H groups in total. The smallest absolute Gasteiger partial charge is 0.315 e. The van der Waals surface area contributed by atoms with Crippen molar-refractivity contribution in [1.82, 2.24) is 10.6 Å². The predicted molar refractivity (Wildman–Crippen MR) is 69.5 cm³/mol. The number of nitrogens with one attached hydrogen (secondary N) is 2. The molecule has 6 heteroatoms. The molecule has 0 aromatic rings. The van der Waals surface area contributed by atoms with Crippen molar-refractivity contribution in [1.29, 1.82) is 0 Å². The summed E-state index contributed by atoms with van der Waals surface area (Å²) in [5.74, 6) is 1.51. The standard InChI is InChI=1S/C13H20N2O4/c1-4-6-9(5-2)14-12(18)15-10-7-19-8-13(10,3)11(16)17/h1,9-10H,5-8H2,2-3H3,(H,16,17)(H2,14,15,18). The number of amides is 2. The second kappa shape index (κ2) is 6.43. The minimum absolute atomic E-state index is 0.0921. The minimum atomic E-state index is -1.09. The lowest BCUT2D eigenvalue weighted by molar-refractivity contribution is -0.148. The van der Waals surface area contributed by atoms with Gasteiger partial charge >= 0.3 is 12.0 Å². The maximum atomic E-state index is 11.8. The Bertz CT molecular complexity index is 391. The van der Waals surface area contributed by atoms with Crippen LogP contribution in [0, 0.1) is 17.8 Å². The highest BCUT2D eigenvalue weighted by Gasteiger charge is 2.47. The molecule has 0 bridgehead atoms. The number of carbonyl (C=O) groups is 2. The molecule has 2 amide bonds. The average molecular weight is 268 g/mol.